The Balaban J connectivity index is 0.000000161. The molecule has 150 valence electrons. The fourth-order valence-electron chi connectivity index (χ4n) is 3.87. The van der Waals surface area contributed by atoms with Crippen molar-refractivity contribution in [1.29, 1.82) is 0 Å². The molecule has 0 aromatic rings. The minimum absolute atomic E-state index is 0.0856. The van der Waals surface area contributed by atoms with E-state index in [0.29, 0.717) is 0 Å². The topological polar surface area (TPSA) is 52.6 Å². The molecule has 1 atom stereocenters. The molecule has 2 aliphatic heterocycles. The van der Waals surface area contributed by atoms with E-state index in [1.54, 1.807) is 0 Å². The highest BCUT2D eigenvalue weighted by molar-refractivity contribution is 5.97. The zero-order valence-electron chi connectivity index (χ0n) is 17.0. The summed E-state index contributed by atoms with van der Waals surface area (Å²) in [5.74, 6) is 0.506. The van der Waals surface area contributed by atoms with Gasteiger partial charge in [-0.15, -0.1) is 0 Å². The SMILES string of the molecule is CCC/C=C1\OC(=O)C2=C1CCC=C2.CCCC[C@H]1OC(=O)C2=C1CCC=C2. The average Bonchev–Trinajstić information content (AvgIpc) is 3.23. The van der Waals surface area contributed by atoms with Crippen LogP contribution in [0.1, 0.15) is 71.6 Å². The minimum atomic E-state index is -0.182. The third-order valence-corrected chi connectivity index (χ3v) is 5.40. The minimum Gasteiger partial charge on any atom is -0.454 e. The van der Waals surface area contributed by atoms with Crippen molar-refractivity contribution in [2.45, 2.75) is 77.7 Å². The lowest BCUT2D eigenvalue weighted by Crippen LogP contribution is -2.11. The summed E-state index contributed by atoms with van der Waals surface area (Å²) < 4.78 is 10.6. The van der Waals surface area contributed by atoms with Crippen molar-refractivity contribution in [1.82, 2.24) is 0 Å². The van der Waals surface area contributed by atoms with Gasteiger partial charge in [-0.1, -0.05) is 51.0 Å². The maximum Gasteiger partial charge on any atom is 0.343 e. The smallest absolute Gasteiger partial charge is 0.343 e. The molecule has 4 aliphatic rings. The number of rotatable bonds is 5. The van der Waals surface area contributed by atoms with Gasteiger partial charge >= 0.3 is 11.9 Å². The van der Waals surface area contributed by atoms with Crippen molar-refractivity contribution in [2.75, 3.05) is 0 Å². The Hall–Kier alpha value is -2.36. The third-order valence-electron chi connectivity index (χ3n) is 5.40. The Morgan fingerprint density at radius 3 is 2.50 bits per heavy atom. The van der Waals surface area contributed by atoms with Crippen LogP contribution in [0.4, 0.5) is 0 Å². The van der Waals surface area contributed by atoms with Gasteiger partial charge in [-0.05, 0) is 56.6 Å². The fourth-order valence-corrected chi connectivity index (χ4v) is 3.87. The van der Waals surface area contributed by atoms with Crippen LogP contribution in [-0.4, -0.2) is 18.0 Å². The van der Waals surface area contributed by atoms with Crippen LogP contribution in [0.3, 0.4) is 0 Å². The van der Waals surface area contributed by atoms with Gasteiger partial charge in [0.1, 0.15) is 11.9 Å². The molecule has 0 saturated carbocycles. The van der Waals surface area contributed by atoms with Crippen LogP contribution in [0.25, 0.3) is 0 Å². The molecule has 4 nitrogen and oxygen atoms in total. The zero-order valence-corrected chi connectivity index (χ0v) is 17.0. The van der Waals surface area contributed by atoms with Gasteiger partial charge in [-0.25, -0.2) is 9.59 Å². The van der Waals surface area contributed by atoms with E-state index >= 15 is 0 Å². The van der Waals surface area contributed by atoms with E-state index in [2.05, 4.69) is 19.9 Å². The molecule has 0 aromatic heterocycles. The molecule has 0 amide bonds. The molecule has 0 fully saturated rings. The second-order valence-corrected chi connectivity index (χ2v) is 7.50. The fraction of sp³-hybridized carbons (Fsp3) is 0.500. The Kier molecular flexibility index (Phi) is 7.07. The lowest BCUT2D eigenvalue weighted by atomic mass is 9.93. The first-order valence-corrected chi connectivity index (χ1v) is 10.6. The normalized spacial score (nSPS) is 24.1. The van der Waals surface area contributed by atoms with Gasteiger partial charge in [-0.3, -0.25) is 0 Å². The monoisotopic (exact) mass is 382 g/mol. The molecule has 4 heteroatoms. The predicted molar refractivity (Wildman–Crippen MR) is 109 cm³/mol. The van der Waals surface area contributed by atoms with Gasteiger partial charge in [0.2, 0.25) is 0 Å². The van der Waals surface area contributed by atoms with E-state index in [-0.39, 0.29) is 18.0 Å². The number of hydrogen-bond acceptors (Lipinski definition) is 4. The summed E-state index contributed by atoms with van der Waals surface area (Å²) in [4.78, 5) is 22.9. The average molecular weight is 383 g/mol. The van der Waals surface area contributed by atoms with Crippen molar-refractivity contribution in [3.63, 3.8) is 0 Å². The van der Waals surface area contributed by atoms with Gasteiger partial charge in [-0.2, -0.15) is 0 Å². The Labute approximate surface area is 167 Å². The Morgan fingerprint density at radius 1 is 1.00 bits per heavy atom. The van der Waals surface area contributed by atoms with Crippen molar-refractivity contribution >= 4 is 11.9 Å². The number of allylic oxidation sites excluding steroid dienone is 4. The molecule has 2 heterocycles. The number of cyclic esters (lactones) is 2. The molecule has 4 rings (SSSR count). The molecule has 0 aromatic carbocycles. The molecule has 0 radical (unpaired) electrons. The third kappa shape index (κ3) is 4.54. The highest BCUT2D eigenvalue weighted by atomic mass is 16.5. The van der Waals surface area contributed by atoms with E-state index < -0.39 is 0 Å². The number of carbonyl (C=O) groups excluding carboxylic acids is 2. The van der Waals surface area contributed by atoms with E-state index in [0.717, 1.165) is 80.3 Å². The number of esters is 2. The van der Waals surface area contributed by atoms with Crippen molar-refractivity contribution in [3.05, 3.63) is 58.4 Å². The van der Waals surface area contributed by atoms with Crippen molar-refractivity contribution in [3.8, 4) is 0 Å². The van der Waals surface area contributed by atoms with Gasteiger partial charge in [0.05, 0.1) is 11.1 Å². The molecule has 0 unspecified atom stereocenters. The summed E-state index contributed by atoms with van der Waals surface area (Å²) in [5.41, 5.74) is 3.94. The summed E-state index contributed by atoms with van der Waals surface area (Å²) in [6.07, 6.45) is 19.4. The highest BCUT2D eigenvalue weighted by Gasteiger charge is 2.32. The summed E-state index contributed by atoms with van der Waals surface area (Å²) in [6.45, 7) is 4.27. The van der Waals surface area contributed by atoms with E-state index in [4.69, 9.17) is 9.47 Å². The lowest BCUT2D eigenvalue weighted by molar-refractivity contribution is -0.139. The number of carbonyl (C=O) groups is 2. The molecule has 0 N–H and O–H groups in total. The maximum atomic E-state index is 11.5. The Bertz CT molecular complexity index is 776. The van der Waals surface area contributed by atoms with Crippen LogP contribution in [-0.2, 0) is 19.1 Å². The summed E-state index contributed by atoms with van der Waals surface area (Å²) >= 11 is 0. The van der Waals surface area contributed by atoms with Crippen LogP contribution >= 0.6 is 0 Å². The van der Waals surface area contributed by atoms with Crippen LogP contribution < -0.4 is 0 Å². The first kappa shape index (κ1) is 20.4. The van der Waals surface area contributed by atoms with Gasteiger partial charge < -0.3 is 9.47 Å². The molecule has 0 spiro atoms. The van der Waals surface area contributed by atoms with Crippen molar-refractivity contribution < 1.29 is 19.1 Å². The summed E-state index contributed by atoms with van der Waals surface area (Å²) in [5, 5.41) is 0. The van der Waals surface area contributed by atoms with Crippen molar-refractivity contribution in [2.24, 2.45) is 0 Å². The summed E-state index contributed by atoms with van der Waals surface area (Å²) in [6, 6.07) is 0. The molecular formula is C24H30O4. The van der Waals surface area contributed by atoms with Gasteiger partial charge in [0, 0.05) is 5.57 Å². The van der Waals surface area contributed by atoms with E-state index in [9.17, 15) is 9.59 Å². The van der Waals surface area contributed by atoms with Crippen LogP contribution in [0.15, 0.2) is 58.4 Å². The summed E-state index contributed by atoms with van der Waals surface area (Å²) in [7, 11) is 0. The molecule has 0 bridgehead atoms. The quantitative estimate of drug-likeness (QED) is 0.579. The zero-order chi connectivity index (χ0) is 19.9. The first-order valence-electron chi connectivity index (χ1n) is 10.6. The Morgan fingerprint density at radius 2 is 1.75 bits per heavy atom. The van der Waals surface area contributed by atoms with E-state index in [1.165, 1.54) is 5.57 Å². The van der Waals surface area contributed by atoms with Crippen LogP contribution in [0.5, 0.6) is 0 Å². The van der Waals surface area contributed by atoms with Gasteiger partial charge in [0.25, 0.3) is 0 Å². The van der Waals surface area contributed by atoms with Crippen LogP contribution in [0.2, 0.25) is 0 Å². The highest BCUT2D eigenvalue weighted by Crippen LogP contribution is 2.34. The number of hydrogen-bond donors (Lipinski definition) is 0. The molecule has 2 aliphatic carbocycles. The molecule has 28 heavy (non-hydrogen) atoms. The second-order valence-electron chi connectivity index (χ2n) is 7.50. The standard InChI is InChI=1S/C12H16O2.C12H14O2/c2*1-2-3-8-11-9-6-4-5-7-10(9)12(13)14-11/h5,7,11H,2-4,6,8H2,1H3;5,7-8H,2-4,6H2,1H3/b;11-8-/t11-;/m1./s1. The van der Waals surface area contributed by atoms with Crippen LogP contribution in [0, 0.1) is 0 Å². The second kappa shape index (κ2) is 9.72. The first-order chi connectivity index (χ1) is 13.7. The lowest BCUT2D eigenvalue weighted by Gasteiger charge is -2.13. The maximum absolute atomic E-state index is 11.5. The molecular weight excluding hydrogens is 352 g/mol. The number of unbranched alkanes of at least 4 members (excludes halogenated alkanes) is 2. The van der Waals surface area contributed by atoms with Gasteiger partial charge in [0.15, 0.2) is 0 Å². The molecule has 0 saturated heterocycles. The van der Waals surface area contributed by atoms with E-state index in [1.807, 2.05) is 24.3 Å². The largest absolute Gasteiger partial charge is 0.454 e. The number of ether oxygens (including phenoxy) is 2. The predicted octanol–water partition coefficient (Wildman–Crippen LogP) is 5.62.